The summed E-state index contributed by atoms with van der Waals surface area (Å²) in [5, 5.41) is 0. The number of hydrogen-bond acceptors (Lipinski definition) is 4. The van der Waals surface area contributed by atoms with E-state index in [1.54, 1.807) is 14.2 Å². The molecule has 118 valence electrons. The Morgan fingerprint density at radius 2 is 1.76 bits per heavy atom. The second-order valence-electron chi connectivity index (χ2n) is 6.11. The fourth-order valence-corrected chi connectivity index (χ4v) is 3.07. The molecular weight excluding hydrogens is 264 g/mol. The zero-order valence-corrected chi connectivity index (χ0v) is 13.7. The number of nitrogens with two attached hydrogens (primary N) is 1. The third-order valence-electron chi connectivity index (χ3n) is 4.61. The number of ether oxygens (including phenoxy) is 2. The zero-order valence-electron chi connectivity index (χ0n) is 13.7. The molecule has 0 saturated carbocycles. The Labute approximate surface area is 128 Å². The van der Waals surface area contributed by atoms with Crippen molar-refractivity contribution in [2.24, 2.45) is 11.7 Å². The molecule has 2 N–H and O–H groups in total. The molecule has 0 bridgehead atoms. The predicted octanol–water partition coefficient (Wildman–Crippen LogP) is 2.57. The lowest BCUT2D eigenvalue weighted by Crippen LogP contribution is -2.39. The minimum atomic E-state index is 0.315. The number of rotatable bonds is 5. The summed E-state index contributed by atoms with van der Waals surface area (Å²) in [7, 11) is 3.36. The van der Waals surface area contributed by atoms with E-state index < -0.39 is 0 Å². The number of hydrogen-bond donors (Lipinski definition) is 1. The van der Waals surface area contributed by atoms with Crippen LogP contribution in [-0.4, -0.2) is 38.3 Å². The molecule has 1 atom stereocenters. The number of benzene rings is 1. The maximum atomic E-state index is 6.01. The molecule has 0 aliphatic carbocycles. The van der Waals surface area contributed by atoms with E-state index in [0.29, 0.717) is 12.0 Å². The molecule has 4 heteroatoms. The maximum Gasteiger partial charge on any atom is 0.161 e. The first-order valence-corrected chi connectivity index (χ1v) is 7.74. The van der Waals surface area contributed by atoms with Crippen LogP contribution in [0.3, 0.4) is 0 Å². The first-order chi connectivity index (χ1) is 10.0. The second kappa shape index (κ2) is 7.14. The van der Waals surface area contributed by atoms with Crippen molar-refractivity contribution in [3.8, 4) is 11.5 Å². The third-order valence-corrected chi connectivity index (χ3v) is 4.61. The molecule has 1 aliphatic rings. The molecule has 1 fully saturated rings. The van der Waals surface area contributed by atoms with Gasteiger partial charge >= 0.3 is 0 Å². The van der Waals surface area contributed by atoms with E-state index in [4.69, 9.17) is 15.2 Å². The molecule has 0 amide bonds. The minimum Gasteiger partial charge on any atom is -0.493 e. The van der Waals surface area contributed by atoms with Crippen molar-refractivity contribution < 1.29 is 9.47 Å². The maximum absolute atomic E-state index is 6.01. The summed E-state index contributed by atoms with van der Waals surface area (Å²) in [5.41, 5.74) is 8.57. The first kappa shape index (κ1) is 16.1. The Hall–Kier alpha value is -1.26. The number of piperidine rings is 1. The summed E-state index contributed by atoms with van der Waals surface area (Å²) in [6, 6.07) is 4.48. The molecule has 1 aliphatic heterocycles. The largest absolute Gasteiger partial charge is 0.493 e. The third kappa shape index (κ3) is 3.89. The summed E-state index contributed by atoms with van der Waals surface area (Å²) in [4.78, 5) is 2.51. The molecule has 1 heterocycles. The van der Waals surface area contributed by atoms with E-state index in [-0.39, 0.29) is 0 Å². The van der Waals surface area contributed by atoms with E-state index in [0.717, 1.165) is 31.1 Å². The van der Waals surface area contributed by atoms with Gasteiger partial charge in [-0.05, 0) is 69.0 Å². The average Bonchev–Trinajstić information content (AvgIpc) is 2.49. The molecule has 2 rings (SSSR count). The van der Waals surface area contributed by atoms with Crippen LogP contribution in [0.15, 0.2) is 12.1 Å². The molecule has 0 radical (unpaired) electrons. The average molecular weight is 292 g/mol. The van der Waals surface area contributed by atoms with Gasteiger partial charge in [0.05, 0.1) is 14.2 Å². The summed E-state index contributed by atoms with van der Waals surface area (Å²) < 4.78 is 10.8. The lowest BCUT2D eigenvalue weighted by atomic mass is 9.90. The molecule has 21 heavy (non-hydrogen) atoms. The Bertz CT molecular complexity index is 466. The minimum absolute atomic E-state index is 0.315. The van der Waals surface area contributed by atoms with E-state index in [1.165, 1.54) is 24.0 Å². The summed E-state index contributed by atoms with van der Waals surface area (Å²) in [5.74, 6) is 2.28. The second-order valence-corrected chi connectivity index (χ2v) is 6.11. The number of methoxy groups -OCH3 is 2. The first-order valence-electron chi connectivity index (χ1n) is 7.74. The Balaban J connectivity index is 2.03. The van der Waals surface area contributed by atoms with Gasteiger partial charge in [-0.15, -0.1) is 0 Å². The van der Waals surface area contributed by atoms with Crippen molar-refractivity contribution in [3.05, 3.63) is 23.3 Å². The van der Waals surface area contributed by atoms with Crippen LogP contribution < -0.4 is 15.2 Å². The Morgan fingerprint density at radius 1 is 1.19 bits per heavy atom. The molecular formula is C17H28N2O2. The van der Waals surface area contributed by atoms with Gasteiger partial charge in [0.1, 0.15) is 0 Å². The van der Waals surface area contributed by atoms with Crippen LogP contribution in [0, 0.1) is 12.8 Å². The van der Waals surface area contributed by atoms with Crippen molar-refractivity contribution in [2.75, 3.05) is 27.3 Å². The van der Waals surface area contributed by atoms with E-state index in [9.17, 15) is 0 Å². The van der Waals surface area contributed by atoms with E-state index in [1.807, 2.05) is 0 Å². The van der Waals surface area contributed by atoms with Crippen LogP contribution in [0.1, 0.15) is 30.9 Å². The van der Waals surface area contributed by atoms with Gasteiger partial charge in [-0.25, -0.2) is 0 Å². The lowest BCUT2D eigenvalue weighted by Gasteiger charge is -2.34. The van der Waals surface area contributed by atoms with E-state index >= 15 is 0 Å². The molecule has 1 aromatic rings. The Kier molecular flexibility index (Phi) is 5.48. The van der Waals surface area contributed by atoms with Gasteiger partial charge in [0, 0.05) is 12.6 Å². The van der Waals surface area contributed by atoms with Crippen LogP contribution in [0.25, 0.3) is 0 Å². The van der Waals surface area contributed by atoms with Gasteiger partial charge in [0.2, 0.25) is 0 Å². The standard InChI is InChI=1S/C17H28N2O2/c1-12-9-16(20-3)17(21-4)10-15(12)11-19-7-5-14(6-8-19)13(2)18/h9-10,13-14H,5-8,11,18H2,1-4H3. The highest BCUT2D eigenvalue weighted by Gasteiger charge is 2.22. The summed E-state index contributed by atoms with van der Waals surface area (Å²) in [6.07, 6.45) is 2.40. The molecule has 1 aromatic carbocycles. The van der Waals surface area contributed by atoms with Gasteiger partial charge in [0.15, 0.2) is 11.5 Å². The summed E-state index contributed by atoms with van der Waals surface area (Å²) in [6.45, 7) is 7.47. The van der Waals surface area contributed by atoms with Gasteiger partial charge in [0.25, 0.3) is 0 Å². The Morgan fingerprint density at radius 3 is 2.29 bits per heavy atom. The fraction of sp³-hybridized carbons (Fsp3) is 0.647. The monoisotopic (exact) mass is 292 g/mol. The number of nitrogens with zero attached hydrogens (tertiary/aromatic N) is 1. The van der Waals surface area contributed by atoms with Crippen LogP contribution in [-0.2, 0) is 6.54 Å². The number of aryl methyl sites for hydroxylation is 1. The highest BCUT2D eigenvalue weighted by Crippen LogP contribution is 2.31. The van der Waals surface area contributed by atoms with Crippen LogP contribution in [0.4, 0.5) is 0 Å². The van der Waals surface area contributed by atoms with Gasteiger partial charge in [-0.1, -0.05) is 0 Å². The van der Waals surface area contributed by atoms with Crippen molar-refractivity contribution in [1.29, 1.82) is 0 Å². The molecule has 1 saturated heterocycles. The van der Waals surface area contributed by atoms with Gasteiger partial charge < -0.3 is 15.2 Å². The smallest absolute Gasteiger partial charge is 0.161 e. The van der Waals surface area contributed by atoms with Crippen molar-refractivity contribution in [3.63, 3.8) is 0 Å². The zero-order chi connectivity index (χ0) is 15.4. The molecule has 1 unspecified atom stereocenters. The van der Waals surface area contributed by atoms with Gasteiger partial charge in [-0.2, -0.15) is 0 Å². The quantitative estimate of drug-likeness (QED) is 0.906. The molecule has 4 nitrogen and oxygen atoms in total. The highest BCUT2D eigenvalue weighted by atomic mass is 16.5. The van der Waals surface area contributed by atoms with Crippen LogP contribution in [0.5, 0.6) is 11.5 Å². The topological polar surface area (TPSA) is 47.7 Å². The summed E-state index contributed by atoms with van der Waals surface area (Å²) >= 11 is 0. The van der Waals surface area contributed by atoms with Crippen molar-refractivity contribution >= 4 is 0 Å². The predicted molar refractivity (Wildman–Crippen MR) is 85.9 cm³/mol. The van der Waals surface area contributed by atoms with Crippen molar-refractivity contribution in [2.45, 2.75) is 39.3 Å². The number of likely N-dealkylation sites (tertiary alicyclic amines) is 1. The SMILES string of the molecule is COc1cc(C)c(CN2CCC(C(C)N)CC2)cc1OC. The van der Waals surface area contributed by atoms with Crippen molar-refractivity contribution in [1.82, 2.24) is 4.90 Å². The lowest BCUT2D eigenvalue weighted by molar-refractivity contribution is 0.165. The highest BCUT2D eigenvalue weighted by molar-refractivity contribution is 5.47. The fourth-order valence-electron chi connectivity index (χ4n) is 3.07. The van der Waals surface area contributed by atoms with Crippen LogP contribution >= 0.6 is 0 Å². The van der Waals surface area contributed by atoms with Crippen LogP contribution in [0.2, 0.25) is 0 Å². The molecule has 0 aromatic heterocycles. The van der Waals surface area contributed by atoms with E-state index in [2.05, 4.69) is 30.9 Å². The van der Waals surface area contributed by atoms with Gasteiger partial charge in [-0.3, -0.25) is 4.90 Å². The molecule has 0 spiro atoms. The normalized spacial score (nSPS) is 18.5.